The van der Waals surface area contributed by atoms with Gasteiger partial charge in [-0.3, -0.25) is 4.79 Å². The molecule has 5 rings (SSSR count). The summed E-state index contributed by atoms with van der Waals surface area (Å²) in [5.41, 5.74) is 0.177. The number of amides is 2. The van der Waals surface area contributed by atoms with E-state index in [2.05, 4.69) is 15.6 Å². The van der Waals surface area contributed by atoms with Crippen LogP contribution in [0.5, 0.6) is 0 Å². The minimum absolute atomic E-state index is 0.105. The van der Waals surface area contributed by atoms with Crippen LogP contribution in [0.25, 0.3) is 16.6 Å². The highest BCUT2D eigenvalue weighted by Crippen LogP contribution is 2.25. The number of aromatic nitrogens is 2. The maximum atomic E-state index is 13.4. The molecule has 0 aliphatic carbocycles. The van der Waals surface area contributed by atoms with Gasteiger partial charge in [-0.05, 0) is 72.3 Å². The van der Waals surface area contributed by atoms with Crippen molar-refractivity contribution in [1.29, 1.82) is 0 Å². The molecule has 4 N–H and O–H groups in total. The quantitative estimate of drug-likeness (QED) is 0.207. The first-order valence-corrected chi connectivity index (χ1v) is 14.3. The number of benzene rings is 3. The van der Waals surface area contributed by atoms with Crippen molar-refractivity contribution in [2.45, 2.75) is 10.8 Å². The molecular weight excluding hydrogens is 600 g/mol. The van der Waals surface area contributed by atoms with Crippen molar-refractivity contribution in [1.82, 2.24) is 14.3 Å². The molecule has 0 saturated heterocycles. The minimum Gasteiger partial charge on any atom is -0.381 e. The molecule has 0 bridgehead atoms. The summed E-state index contributed by atoms with van der Waals surface area (Å²) in [6.07, 6.45) is 0. The van der Waals surface area contributed by atoms with E-state index in [0.29, 0.717) is 11.3 Å². The summed E-state index contributed by atoms with van der Waals surface area (Å²) in [4.78, 5) is 40.8. The number of rotatable bonds is 7. The summed E-state index contributed by atoms with van der Waals surface area (Å²) in [6.45, 7) is 0.105. The lowest BCUT2D eigenvalue weighted by Gasteiger charge is -2.11. The van der Waals surface area contributed by atoms with Crippen molar-refractivity contribution >= 4 is 61.3 Å². The van der Waals surface area contributed by atoms with E-state index in [1.54, 1.807) is 6.07 Å². The maximum Gasteiger partial charge on any atom is 0.333 e. The fourth-order valence-electron chi connectivity index (χ4n) is 3.94. The first kappa shape index (κ1) is 28.0. The Bertz CT molecular complexity index is 2000. The lowest BCUT2D eigenvalue weighted by molar-refractivity contribution is 0.256. The number of anilines is 2. The second-order valence-corrected chi connectivity index (χ2v) is 12.3. The molecule has 0 aliphatic heterocycles. The van der Waals surface area contributed by atoms with Gasteiger partial charge in [-0.25, -0.2) is 36.1 Å². The summed E-state index contributed by atoms with van der Waals surface area (Å²) in [6, 6.07) is 15.0. The van der Waals surface area contributed by atoms with Crippen LogP contribution in [-0.2, 0) is 16.6 Å². The highest BCUT2D eigenvalue weighted by Gasteiger charge is 2.20. The Morgan fingerprint density at radius 2 is 1.61 bits per heavy atom. The zero-order chi connectivity index (χ0) is 29.3. The number of hydrogen-bond donors (Lipinski definition) is 4. The molecule has 2 amide bonds. The molecule has 0 aliphatic rings. The van der Waals surface area contributed by atoms with Crippen molar-refractivity contribution in [3.8, 4) is 5.69 Å². The van der Waals surface area contributed by atoms with Crippen molar-refractivity contribution in [2.24, 2.45) is 0 Å². The van der Waals surface area contributed by atoms with E-state index in [-0.39, 0.29) is 37.4 Å². The number of halogens is 3. The van der Waals surface area contributed by atoms with Gasteiger partial charge in [0.25, 0.3) is 15.6 Å². The van der Waals surface area contributed by atoms with Crippen LogP contribution in [0.1, 0.15) is 5.56 Å². The van der Waals surface area contributed by atoms with Crippen LogP contribution >= 0.6 is 22.9 Å². The van der Waals surface area contributed by atoms with Gasteiger partial charge >= 0.3 is 11.7 Å². The minimum atomic E-state index is -4.12. The Balaban J connectivity index is 1.32. The molecule has 2 aromatic heterocycles. The van der Waals surface area contributed by atoms with E-state index in [0.717, 1.165) is 22.0 Å². The largest absolute Gasteiger partial charge is 0.381 e. The predicted octanol–water partition coefficient (Wildman–Crippen LogP) is 4.79. The van der Waals surface area contributed by atoms with Crippen LogP contribution < -0.4 is 26.6 Å². The SMILES string of the molecule is O=C(Nc1ccc(-n2c(=O)[nH]c3cc(NCc4cc(F)cc(F)c4)ccc3c2=O)cc1)NS(=O)(=O)c1ccc(Cl)s1. The highest BCUT2D eigenvalue weighted by molar-refractivity contribution is 7.92. The van der Waals surface area contributed by atoms with Crippen LogP contribution in [0.15, 0.2) is 86.6 Å². The van der Waals surface area contributed by atoms with Gasteiger partial charge in [-0.2, -0.15) is 0 Å². The average Bonchev–Trinajstić information content (AvgIpc) is 3.35. The van der Waals surface area contributed by atoms with E-state index in [1.807, 2.05) is 4.72 Å². The van der Waals surface area contributed by atoms with E-state index in [4.69, 9.17) is 11.6 Å². The fourth-order valence-corrected chi connectivity index (χ4v) is 6.33. The zero-order valence-electron chi connectivity index (χ0n) is 20.6. The van der Waals surface area contributed by atoms with Gasteiger partial charge in [0, 0.05) is 24.0 Å². The van der Waals surface area contributed by atoms with Gasteiger partial charge in [-0.1, -0.05) is 11.6 Å². The fraction of sp³-hybridized carbons (Fsp3) is 0.0385. The molecule has 0 spiro atoms. The number of H-pyrrole nitrogens is 1. The van der Waals surface area contributed by atoms with Gasteiger partial charge < -0.3 is 15.6 Å². The number of carbonyl (C=O) groups is 1. The van der Waals surface area contributed by atoms with Gasteiger partial charge in [0.15, 0.2) is 0 Å². The van der Waals surface area contributed by atoms with Gasteiger partial charge in [-0.15, -0.1) is 11.3 Å². The van der Waals surface area contributed by atoms with Crippen LogP contribution in [0.2, 0.25) is 4.34 Å². The average molecular weight is 618 g/mol. The summed E-state index contributed by atoms with van der Waals surface area (Å²) < 4.78 is 54.3. The van der Waals surface area contributed by atoms with E-state index in [9.17, 15) is 31.6 Å². The van der Waals surface area contributed by atoms with E-state index >= 15 is 0 Å². The lowest BCUT2D eigenvalue weighted by atomic mass is 10.2. The first-order chi connectivity index (χ1) is 19.5. The molecule has 5 aromatic rings. The molecule has 0 saturated carbocycles. The number of thiophene rings is 1. The van der Waals surface area contributed by atoms with Crippen molar-refractivity contribution in [3.05, 3.63) is 115 Å². The van der Waals surface area contributed by atoms with Crippen LogP contribution in [0.3, 0.4) is 0 Å². The molecular formula is C26H18ClF2N5O5S2. The predicted molar refractivity (Wildman–Crippen MR) is 153 cm³/mol. The summed E-state index contributed by atoms with van der Waals surface area (Å²) in [7, 11) is -4.12. The second kappa shape index (κ2) is 11.2. The lowest BCUT2D eigenvalue weighted by Crippen LogP contribution is -2.34. The highest BCUT2D eigenvalue weighted by atomic mass is 35.5. The van der Waals surface area contributed by atoms with E-state index < -0.39 is 38.9 Å². The number of urea groups is 1. The number of fused-ring (bicyclic) bond motifs is 1. The molecule has 210 valence electrons. The Labute approximate surface area is 239 Å². The molecule has 0 unspecified atom stereocenters. The van der Waals surface area contributed by atoms with E-state index in [1.165, 1.54) is 60.7 Å². The van der Waals surface area contributed by atoms with Crippen LogP contribution in [-0.4, -0.2) is 24.0 Å². The van der Waals surface area contributed by atoms with Crippen molar-refractivity contribution in [2.75, 3.05) is 10.6 Å². The molecule has 2 heterocycles. The molecule has 3 aromatic carbocycles. The van der Waals surface area contributed by atoms with Crippen molar-refractivity contribution < 1.29 is 22.0 Å². The third-order valence-electron chi connectivity index (χ3n) is 5.74. The number of nitrogens with zero attached hydrogens (tertiary/aromatic N) is 1. The Kier molecular flexibility index (Phi) is 7.62. The summed E-state index contributed by atoms with van der Waals surface area (Å²) in [5, 5.41) is 5.56. The second-order valence-electron chi connectivity index (χ2n) is 8.63. The molecule has 0 fully saturated rings. The zero-order valence-corrected chi connectivity index (χ0v) is 23.0. The van der Waals surface area contributed by atoms with Gasteiger partial charge in [0.05, 0.1) is 20.9 Å². The normalized spacial score (nSPS) is 11.4. The number of nitrogens with one attached hydrogen (secondary N) is 4. The molecule has 10 nitrogen and oxygen atoms in total. The molecule has 0 radical (unpaired) electrons. The number of aromatic amines is 1. The number of carbonyl (C=O) groups excluding carboxylic acids is 1. The first-order valence-electron chi connectivity index (χ1n) is 11.7. The number of sulfonamides is 1. The Morgan fingerprint density at radius 3 is 2.27 bits per heavy atom. The topological polar surface area (TPSA) is 142 Å². The van der Waals surface area contributed by atoms with Crippen molar-refractivity contribution in [3.63, 3.8) is 0 Å². The maximum absolute atomic E-state index is 13.4. The standard InChI is InChI=1S/C26H18ClF2N5O5S2/c27-22-7-8-23(40-22)41(38,39)33-25(36)31-17-1-4-19(5-2-17)34-24(35)20-6-3-18(12-21(20)32-26(34)37)30-13-14-9-15(28)11-16(29)10-14/h1-12,30H,13H2,(H,32,37)(H2,31,33,36). The van der Waals surface area contributed by atoms with Gasteiger partial charge in [0.2, 0.25) is 0 Å². The third kappa shape index (κ3) is 6.29. The summed E-state index contributed by atoms with van der Waals surface area (Å²) in [5.74, 6) is -1.41. The summed E-state index contributed by atoms with van der Waals surface area (Å²) >= 11 is 6.55. The molecule has 0 atom stereocenters. The Morgan fingerprint density at radius 1 is 0.927 bits per heavy atom. The van der Waals surface area contributed by atoms with Crippen LogP contribution in [0, 0.1) is 11.6 Å². The van der Waals surface area contributed by atoms with Crippen LogP contribution in [0.4, 0.5) is 25.0 Å². The third-order valence-corrected chi connectivity index (χ3v) is 8.79. The van der Waals surface area contributed by atoms with Gasteiger partial charge in [0.1, 0.15) is 15.8 Å². The monoisotopic (exact) mass is 617 g/mol. The molecule has 41 heavy (non-hydrogen) atoms. The Hall–Kier alpha value is -4.53. The smallest absolute Gasteiger partial charge is 0.333 e. The molecule has 15 heteroatoms. The number of hydrogen-bond acceptors (Lipinski definition) is 7.